The van der Waals surface area contributed by atoms with E-state index in [1.54, 1.807) is 7.11 Å². The normalized spacial score (nSPS) is 40.2. The van der Waals surface area contributed by atoms with Crippen molar-refractivity contribution < 1.29 is 19.1 Å². The van der Waals surface area contributed by atoms with Crippen molar-refractivity contribution in [2.24, 2.45) is 5.41 Å². The fourth-order valence-electron chi connectivity index (χ4n) is 2.46. The Hall–Kier alpha value is -0.900. The molecule has 4 nitrogen and oxygen atoms in total. The molecule has 4 heteroatoms. The highest BCUT2D eigenvalue weighted by Crippen LogP contribution is 2.69. The average molecular weight is 184 g/mol. The quantitative estimate of drug-likeness (QED) is 0.467. The predicted octanol–water partition coefficient (Wildman–Crippen LogP) is 0.298. The molecule has 0 atom stereocenters. The van der Waals surface area contributed by atoms with Crippen molar-refractivity contribution in [3.8, 4) is 0 Å². The van der Waals surface area contributed by atoms with Gasteiger partial charge in [-0.15, -0.1) is 0 Å². The first kappa shape index (κ1) is 8.69. The Labute approximate surface area is 76.2 Å². The van der Waals surface area contributed by atoms with Gasteiger partial charge in [0.2, 0.25) is 5.78 Å². The number of rotatable bonds is 3. The molecule has 72 valence electrons. The fourth-order valence-corrected chi connectivity index (χ4v) is 2.46. The number of methoxy groups -OCH3 is 2. The van der Waals surface area contributed by atoms with E-state index in [0.29, 0.717) is 19.3 Å². The third-order valence-corrected chi connectivity index (χ3v) is 3.27. The van der Waals surface area contributed by atoms with E-state index in [0.717, 1.165) is 0 Å². The van der Waals surface area contributed by atoms with E-state index in [-0.39, 0.29) is 11.4 Å². The zero-order valence-corrected chi connectivity index (χ0v) is 7.75. The van der Waals surface area contributed by atoms with Crippen molar-refractivity contribution in [3.63, 3.8) is 0 Å². The minimum atomic E-state index is -0.718. The summed E-state index contributed by atoms with van der Waals surface area (Å²) in [7, 11) is 2.88. The van der Waals surface area contributed by atoms with Gasteiger partial charge in [0.15, 0.2) is 0 Å². The summed E-state index contributed by atoms with van der Waals surface area (Å²) in [5, 5.41) is 0. The summed E-state index contributed by atoms with van der Waals surface area (Å²) >= 11 is 0. The van der Waals surface area contributed by atoms with Crippen LogP contribution in [0.15, 0.2) is 0 Å². The molecular formula is C9H12O4. The van der Waals surface area contributed by atoms with E-state index in [4.69, 9.17) is 4.74 Å². The van der Waals surface area contributed by atoms with Crippen LogP contribution < -0.4 is 0 Å². The maximum atomic E-state index is 11.4. The summed E-state index contributed by atoms with van der Waals surface area (Å²) in [5.41, 5.74) is -0.521. The molecule has 13 heavy (non-hydrogen) atoms. The van der Waals surface area contributed by atoms with E-state index in [1.165, 1.54) is 7.11 Å². The Kier molecular flexibility index (Phi) is 1.55. The molecule has 0 aromatic carbocycles. The number of ketones is 1. The van der Waals surface area contributed by atoms with Gasteiger partial charge in [0.05, 0.1) is 12.7 Å². The number of carbonyl (C=O) groups is 2. The lowest BCUT2D eigenvalue weighted by Crippen LogP contribution is -2.72. The van der Waals surface area contributed by atoms with Crippen LogP contribution in [0.25, 0.3) is 0 Å². The second kappa shape index (κ2) is 2.32. The van der Waals surface area contributed by atoms with Gasteiger partial charge in [0.1, 0.15) is 0 Å². The number of Topliss-reactive ketones (excluding diaryl/α,β-unsaturated/α-hetero) is 1. The molecular weight excluding hydrogens is 172 g/mol. The number of hydrogen-bond acceptors (Lipinski definition) is 4. The Morgan fingerprint density at radius 1 is 1.15 bits per heavy atom. The summed E-state index contributed by atoms with van der Waals surface area (Å²) in [4.78, 5) is 22.4. The molecule has 0 aromatic heterocycles. The van der Waals surface area contributed by atoms with Crippen LogP contribution in [0, 0.1) is 5.41 Å². The van der Waals surface area contributed by atoms with E-state index in [1.807, 2.05) is 0 Å². The second-order valence-electron chi connectivity index (χ2n) is 4.02. The van der Waals surface area contributed by atoms with Crippen LogP contribution in [0.5, 0.6) is 0 Å². The Morgan fingerprint density at radius 3 is 2.08 bits per heavy atom. The fraction of sp³-hybridized carbons (Fsp3) is 0.778. The molecule has 0 aromatic rings. The average Bonchev–Trinajstić information content (AvgIpc) is 1.99. The molecule has 0 spiro atoms. The highest BCUT2D eigenvalue weighted by Gasteiger charge is 2.73. The summed E-state index contributed by atoms with van der Waals surface area (Å²) < 4.78 is 9.62. The van der Waals surface area contributed by atoms with Crippen molar-refractivity contribution in [2.45, 2.75) is 24.9 Å². The third-order valence-electron chi connectivity index (χ3n) is 3.27. The molecule has 3 saturated carbocycles. The van der Waals surface area contributed by atoms with Crippen LogP contribution in [0.2, 0.25) is 0 Å². The number of carbonyl (C=O) groups excluding carboxylic acids is 2. The molecule has 2 bridgehead atoms. The largest absolute Gasteiger partial charge is 0.463 e. The van der Waals surface area contributed by atoms with E-state index >= 15 is 0 Å². The van der Waals surface area contributed by atoms with Gasteiger partial charge in [-0.25, -0.2) is 4.79 Å². The lowest BCUT2D eigenvalue weighted by molar-refractivity contribution is -0.261. The first-order chi connectivity index (χ1) is 6.07. The Balaban J connectivity index is 2.00. The van der Waals surface area contributed by atoms with Crippen LogP contribution in [0.1, 0.15) is 19.3 Å². The van der Waals surface area contributed by atoms with E-state index in [9.17, 15) is 9.59 Å². The molecule has 0 saturated heterocycles. The topological polar surface area (TPSA) is 52.6 Å². The molecule has 0 heterocycles. The maximum absolute atomic E-state index is 11.4. The van der Waals surface area contributed by atoms with Crippen molar-refractivity contribution >= 4 is 11.8 Å². The van der Waals surface area contributed by atoms with Crippen LogP contribution in [-0.2, 0) is 19.1 Å². The van der Waals surface area contributed by atoms with Gasteiger partial charge in [-0.05, 0) is 19.3 Å². The first-order valence-corrected chi connectivity index (χ1v) is 4.25. The second-order valence-corrected chi connectivity index (χ2v) is 4.02. The third kappa shape index (κ3) is 0.892. The zero-order valence-electron chi connectivity index (χ0n) is 7.75. The van der Waals surface area contributed by atoms with Gasteiger partial charge in [-0.2, -0.15) is 0 Å². The van der Waals surface area contributed by atoms with Gasteiger partial charge in [0, 0.05) is 12.5 Å². The van der Waals surface area contributed by atoms with Gasteiger partial charge in [-0.1, -0.05) is 0 Å². The van der Waals surface area contributed by atoms with Crippen LogP contribution in [-0.4, -0.2) is 31.6 Å². The lowest BCUT2D eigenvalue weighted by Gasteiger charge is -2.67. The Morgan fingerprint density at radius 2 is 1.69 bits per heavy atom. The number of esters is 1. The molecule has 3 fully saturated rings. The minimum Gasteiger partial charge on any atom is -0.463 e. The first-order valence-electron chi connectivity index (χ1n) is 4.25. The van der Waals surface area contributed by atoms with Crippen LogP contribution in [0.4, 0.5) is 0 Å². The molecule has 0 N–H and O–H groups in total. The standard InChI is InChI=1S/C9H12O4/c1-12-7(11)6(10)8-3-9(4-8,5-8)13-2/h3-5H2,1-2H3. The predicted molar refractivity (Wildman–Crippen MR) is 43.0 cm³/mol. The van der Waals surface area contributed by atoms with Gasteiger partial charge >= 0.3 is 5.97 Å². The molecule has 0 amide bonds. The van der Waals surface area contributed by atoms with Gasteiger partial charge in [-0.3, -0.25) is 4.79 Å². The van der Waals surface area contributed by atoms with Gasteiger partial charge < -0.3 is 9.47 Å². The summed E-state index contributed by atoms with van der Waals surface area (Å²) in [6, 6.07) is 0. The Bertz CT molecular complexity index is 262. The zero-order chi connectivity index (χ0) is 9.69. The van der Waals surface area contributed by atoms with Crippen molar-refractivity contribution in [2.75, 3.05) is 14.2 Å². The summed E-state index contributed by atoms with van der Waals surface area (Å²) in [5.74, 6) is -1.10. The van der Waals surface area contributed by atoms with Crippen molar-refractivity contribution in [3.05, 3.63) is 0 Å². The molecule has 0 aliphatic heterocycles. The van der Waals surface area contributed by atoms with Crippen LogP contribution in [0.3, 0.4) is 0 Å². The molecule has 3 aliphatic rings. The molecule has 3 aliphatic carbocycles. The van der Waals surface area contributed by atoms with Crippen LogP contribution >= 0.6 is 0 Å². The number of hydrogen-bond donors (Lipinski definition) is 0. The monoisotopic (exact) mass is 184 g/mol. The minimum absolute atomic E-state index is 0.0936. The SMILES string of the molecule is COC(=O)C(=O)C12CC(OC)(C1)C2. The smallest absolute Gasteiger partial charge is 0.374 e. The summed E-state index contributed by atoms with van der Waals surface area (Å²) in [6.07, 6.45) is 2.05. The van der Waals surface area contributed by atoms with Crippen molar-refractivity contribution in [1.82, 2.24) is 0 Å². The van der Waals surface area contributed by atoms with E-state index < -0.39 is 11.4 Å². The highest BCUT2D eigenvalue weighted by molar-refractivity contribution is 6.36. The van der Waals surface area contributed by atoms with Crippen molar-refractivity contribution in [1.29, 1.82) is 0 Å². The highest BCUT2D eigenvalue weighted by atomic mass is 16.5. The van der Waals surface area contributed by atoms with E-state index in [2.05, 4.69) is 4.74 Å². The van der Waals surface area contributed by atoms with Gasteiger partial charge in [0.25, 0.3) is 0 Å². The number of ether oxygens (including phenoxy) is 2. The lowest BCUT2D eigenvalue weighted by atomic mass is 9.39. The maximum Gasteiger partial charge on any atom is 0.374 e. The molecule has 0 unspecified atom stereocenters. The molecule has 0 radical (unpaired) electrons. The summed E-state index contributed by atoms with van der Waals surface area (Å²) in [6.45, 7) is 0. The molecule has 3 rings (SSSR count).